The highest BCUT2D eigenvalue weighted by Crippen LogP contribution is 2.37. The zero-order chi connectivity index (χ0) is 40.8. The number of oxazole rings is 1. The minimum atomic E-state index is -2.38. The molecule has 0 bridgehead atoms. The van der Waals surface area contributed by atoms with E-state index in [0.29, 0.717) is 0 Å². The third-order valence-electron chi connectivity index (χ3n) is 9.69. The van der Waals surface area contributed by atoms with E-state index >= 15 is 0 Å². The van der Waals surface area contributed by atoms with Crippen molar-refractivity contribution in [3.63, 3.8) is 0 Å². The normalized spacial score (nSPS) is 18.5. The van der Waals surface area contributed by atoms with Crippen molar-refractivity contribution in [2.24, 2.45) is 5.92 Å². The molecule has 1 fully saturated rings. The van der Waals surface area contributed by atoms with E-state index in [-0.39, 0.29) is 47.2 Å². The Bertz CT molecular complexity index is 1700. The van der Waals surface area contributed by atoms with Gasteiger partial charge in [0.1, 0.15) is 36.2 Å². The molecule has 3 rings (SSSR count). The molecule has 0 radical (unpaired) electrons. The second-order valence-electron chi connectivity index (χ2n) is 15.6. The molecule has 4 amide bonds. The first-order chi connectivity index (χ1) is 25.0. The number of amides is 4. The van der Waals surface area contributed by atoms with Crippen LogP contribution in [0.15, 0.2) is 40.8 Å². The number of carbonyl (C=O) groups excluding carboxylic acids is 5. The Balaban J connectivity index is 1.83. The van der Waals surface area contributed by atoms with E-state index in [4.69, 9.17) is 23.1 Å². The maximum absolute atomic E-state index is 13.8. The van der Waals surface area contributed by atoms with Crippen LogP contribution in [-0.2, 0) is 39.6 Å². The van der Waals surface area contributed by atoms with Gasteiger partial charge < -0.3 is 39.0 Å². The van der Waals surface area contributed by atoms with Crippen LogP contribution in [0, 0.1) is 12.8 Å². The molecule has 54 heavy (non-hydrogen) atoms. The third-order valence-corrected chi connectivity index (χ3v) is 14.2. The fourth-order valence-electron chi connectivity index (χ4n) is 5.55. The number of nitrogens with one attached hydrogen (secondary N) is 3. The summed E-state index contributed by atoms with van der Waals surface area (Å²) >= 11 is 0. The Labute approximate surface area is 319 Å². The number of rotatable bonds is 14. The highest BCUT2D eigenvalue weighted by Gasteiger charge is 2.52. The first kappa shape index (κ1) is 43.9. The molecule has 1 aliphatic heterocycles. The maximum Gasteiger partial charge on any atom is 0.413 e. The number of hydrogen-bond acceptors (Lipinski definition) is 11. The van der Waals surface area contributed by atoms with E-state index in [2.05, 4.69) is 20.9 Å². The Kier molecular flexibility index (Phi) is 14.4. The Morgan fingerprint density at radius 1 is 1.07 bits per heavy atom. The van der Waals surface area contributed by atoms with Gasteiger partial charge in [-0.15, -0.1) is 0 Å². The van der Waals surface area contributed by atoms with Crippen molar-refractivity contribution in [2.45, 2.75) is 124 Å². The van der Waals surface area contributed by atoms with Crippen molar-refractivity contribution >= 4 is 43.8 Å². The van der Waals surface area contributed by atoms with Crippen molar-refractivity contribution in [1.82, 2.24) is 25.8 Å². The number of ether oxygens (including phenoxy) is 3. The van der Waals surface area contributed by atoms with Gasteiger partial charge in [0.25, 0.3) is 5.91 Å². The van der Waals surface area contributed by atoms with Gasteiger partial charge in [0.15, 0.2) is 14.0 Å². The zero-order valence-corrected chi connectivity index (χ0v) is 34.7. The van der Waals surface area contributed by atoms with Crippen LogP contribution in [0.25, 0.3) is 5.70 Å². The van der Waals surface area contributed by atoms with Crippen LogP contribution in [0.2, 0.25) is 18.1 Å². The van der Waals surface area contributed by atoms with Gasteiger partial charge in [0.05, 0.1) is 25.5 Å². The third kappa shape index (κ3) is 10.6. The van der Waals surface area contributed by atoms with E-state index < -0.39 is 68.1 Å². The summed E-state index contributed by atoms with van der Waals surface area (Å²) in [6.07, 6.45) is 0.0984. The second kappa shape index (κ2) is 17.7. The summed E-state index contributed by atoms with van der Waals surface area (Å²) in [6.45, 7) is 21.7. The molecule has 0 unspecified atom stereocenters. The summed E-state index contributed by atoms with van der Waals surface area (Å²) in [5.74, 6) is -2.87. The number of esters is 1. The summed E-state index contributed by atoms with van der Waals surface area (Å²) in [5, 5.41) is 7.98. The number of aryl methyl sites for hydroxylation is 1. The molecule has 0 spiro atoms. The number of aromatic nitrogens is 1. The minimum Gasteiger partial charge on any atom is -0.467 e. The van der Waals surface area contributed by atoms with Crippen molar-refractivity contribution in [3.05, 3.63) is 59.3 Å². The summed E-state index contributed by atoms with van der Waals surface area (Å²) in [4.78, 5) is 72.6. The highest BCUT2D eigenvalue weighted by molar-refractivity contribution is 6.74. The Morgan fingerprint density at radius 2 is 1.70 bits per heavy atom. The average Bonchev–Trinajstić information content (AvgIpc) is 3.60. The highest BCUT2D eigenvalue weighted by atomic mass is 28.4. The van der Waals surface area contributed by atoms with E-state index in [9.17, 15) is 24.0 Å². The van der Waals surface area contributed by atoms with Crippen LogP contribution in [0.5, 0.6) is 0 Å². The van der Waals surface area contributed by atoms with E-state index in [1.54, 1.807) is 41.5 Å². The SMILES string of the molecule is C/C=C(\NC(=O)[C@@H]1[C@@H](C)OC(C)(C)N1C(=O)OCc1ccccc1)c1nc(C(=O)N[C@@H](CO[Si](C)(C)C(C)(C)C)C(=O)N[C@H](C(=O)OC)C(C)C)c(C)o1. The van der Waals surface area contributed by atoms with Crippen LogP contribution in [0.1, 0.15) is 90.0 Å². The Hall–Kier alpha value is -4.54. The first-order valence-corrected chi connectivity index (χ1v) is 20.9. The summed E-state index contributed by atoms with van der Waals surface area (Å²) < 4.78 is 28.6. The molecule has 1 aromatic heterocycles. The van der Waals surface area contributed by atoms with Crippen LogP contribution in [0.4, 0.5) is 4.79 Å². The molecule has 3 N–H and O–H groups in total. The van der Waals surface area contributed by atoms with Crippen molar-refractivity contribution in [3.8, 4) is 0 Å². The van der Waals surface area contributed by atoms with Crippen molar-refractivity contribution in [2.75, 3.05) is 13.7 Å². The lowest BCUT2D eigenvalue weighted by molar-refractivity contribution is -0.146. The lowest BCUT2D eigenvalue weighted by atomic mass is 10.0. The van der Waals surface area contributed by atoms with Gasteiger partial charge in [-0.3, -0.25) is 19.3 Å². The molecule has 298 valence electrons. The number of allylic oxidation sites excluding steroid dienone is 1. The molecule has 0 aliphatic carbocycles. The zero-order valence-electron chi connectivity index (χ0n) is 33.7. The maximum atomic E-state index is 13.8. The Morgan fingerprint density at radius 3 is 2.26 bits per heavy atom. The largest absolute Gasteiger partial charge is 0.467 e. The predicted molar refractivity (Wildman–Crippen MR) is 203 cm³/mol. The molecule has 15 nitrogen and oxygen atoms in total. The van der Waals surface area contributed by atoms with E-state index in [1.165, 1.54) is 25.0 Å². The standard InChI is InChI=1S/C38H57N5O10Si/c1-14-26(39-33(46)30-24(5)53-38(9,10)43(30)36(48)50-20-25-18-16-15-17-19-25)34-42-29(23(4)52-34)32(45)40-27(21-51-54(12,13)37(6,7)8)31(44)41-28(22(2)3)35(47)49-11/h14-19,22,24,27-28,30H,20-21H2,1-13H3,(H,39,46)(H,40,45)(H,41,44)/b26-14-/t24-,27+,28+,30+/m1/s1. The van der Waals surface area contributed by atoms with Crippen LogP contribution < -0.4 is 16.0 Å². The summed E-state index contributed by atoms with van der Waals surface area (Å²) in [5.41, 5.74) is -0.393. The fraction of sp³-hybridized carbons (Fsp3) is 0.579. The second-order valence-corrected chi connectivity index (χ2v) is 20.4. The molecule has 1 aliphatic rings. The monoisotopic (exact) mass is 771 g/mol. The number of carbonyl (C=O) groups is 5. The number of methoxy groups -OCH3 is 1. The van der Waals surface area contributed by atoms with Gasteiger partial charge in [0, 0.05) is 0 Å². The van der Waals surface area contributed by atoms with Gasteiger partial charge in [-0.05, 0) is 64.2 Å². The topological polar surface area (TPSA) is 188 Å². The average molecular weight is 772 g/mol. The smallest absolute Gasteiger partial charge is 0.413 e. The lowest BCUT2D eigenvalue weighted by Crippen LogP contribution is -2.56. The molecule has 1 saturated heterocycles. The molecular formula is C38H57N5O10Si. The van der Waals surface area contributed by atoms with E-state index in [1.807, 2.05) is 64.2 Å². The number of benzene rings is 1. The molecule has 16 heteroatoms. The van der Waals surface area contributed by atoms with Gasteiger partial charge in [0.2, 0.25) is 17.7 Å². The van der Waals surface area contributed by atoms with Gasteiger partial charge in [-0.1, -0.05) is 71.0 Å². The number of nitrogens with zero attached hydrogens (tertiary/aromatic N) is 2. The molecule has 0 saturated carbocycles. The summed E-state index contributed by atoms with van der Waals surface area (Å²) in [6, 6.07) is 5.90. The van der Waals surface area contributed by atoms with Gasteiger partial charge >= 0.3 is 12.1 Å². The van der Waals surface area contributed by atoms with E-state index in [0.717, 1.165) is 5.56 Å². The van der Waals surface area contributed by atoms with Gasteiger partial charge in [-0.25, -0.2) is 14.6 Å². The molecular weight excluding hydrogens is 715 g/mol. The lowest BCUT2D eigenvalue weighted by Gasteiger charge is -2.37. The van der Waals surface area contributed by atoms with Crippen LogP contribution in [-0.4, -0.2) is 91.7 Å². The van der Waals surface area contributed by atoms with Crippen LogP contribution in [0.3, 0.4) is 0 Å². The fourth-order valence-corrected chi connectivity index (χ4v) is 6.56. The van der Waals surface area contributed by atoms with Gasteiger partial charge in [-0.2, -0.15) is 0 Å². The van der Waals surface area contributed by atoms with Crippen LogP contribution >= 0.6 is 0 Å². The molecule has 2 aromatic rings. The number of hydrogen-bond donors (Lipinski definition) is 3. The summed E-state index contributed by atoms with van der Waals surface area (Å²) in [7, 11) is -1.15. The van der Waals surface area contributed by atoms with Crippen molar-refractivity contribution < 1.29 is 47.0 Å². The quantitative estimate of drug-likeness (QED) is 0.172. The molecule has 2 heterocycles. The minimum absolute atomic E-state index is 0.00400. The predicted octanol–water partition coefficient (Wildman–Crippen LogP) is 5.06. The molecule has 1 aromatic carbocycles. The molecule has 4 atom stereocenters. The first-order valence-electron chi connectivity index (χ1n) is 18.0. The van der Waals surface area contributed by atoms with Crippen molar-refractivity contribution in [1.29, 1.82) is 0 Å².